The predicted molar refractivity (Wildman–Crippen MR) is 140 cm³/mol. The third-order valence-corrected chi connectivity index (χ3v) is 5.41. The maximum absolute atomic E-state index is 12.9. The third kappa shape index (κ3) is 7.00. The SMILES string of the molecule is CCC(=O)Oc1c(OC)ccnc1C(=O)N[C@@H](C)C(=O)NN=C(c1cccc(C)c1)c1cccc(C)c1. The zero-order chi connectivity index (χ0) is 26.9. The fourth-order valence-corrected chi connectivity index (χ4v) is 3.46. The lowest BCUT2D eigenvalue weighted by atomic mass is 9.99. The summed E-state index contributed by atoms with van der Waals surface area (Å²) < 4.78 is 10.5. The number of rotatable bonds is 9. The Labute approximate surface area is 215 Å². The third-order valence-electron chi connectivity index (χ3n) is 5.41. The normalized spacial score (nSPS) is 11.2. The fraction of sp³-hybridized carbons (Fsp3) is 0.250. The van der Waals surface area contributed by atoms with E-state index in [4.69, 9.17) is 9.47 Å². The molecule has 0 aliphatic carbocycles. The molecule has 0 fully saturated rings. The van der Waals surface area contributed by atoms with Gasteiger partial charge in [0.1, 0.15) is 6.04 Å². The van der Waals surface area contributed by atoms with Crippen molar-refractivity contribution in [1.82, 2.24) is 15.7 Å². The summed E-state index contributed by atoms with van der Waals surface area (Å²) in [5.74, 6) is -1.74. The molecule has 0 saturated heterocycles. The minimum atomic E-state index is -0.977. The average molecular weight is 503 g/mol. The molecule has 9 nitrogen and oxygen atoms in total. The molecule has 0 radical (unpaired) electrons. The van der Waals surface area contributed by atoms with E-state index in [2.05, 4.69) is 20.8 Å². The number of esters is 1. The molecule has 0 aliphatic rings. The van der Waals surface area contributed by atoms with Crippen LogP contribution >= 0.6 is 0 Å². The number of hydrogen-bond donors (Lipinski definition) is 2. The van der Waals surface area contributed by atoms with Gasteiger partial charge in [0.05, 0.1) is 12.8 Å². The molecule has 0 spiro atoms. The number of benzene rings is 2. The number of carbonyl (C=O) groups is 3. The van der Waals surface area contributed by atoms with Gasteiger partial charge >= 0.3 is 5.97 Å². The molecule has 1 heterocycles. The topological polar surface area (TPSA) is 119 Å². The Morgan fingerprint density at radius 2 is 1.62 bits per heavy atom. The van der Waals surface area contributed by atoms with Crippen LogP contribution in [0.5, 0.6) is 11.5 Å². The van der Waals surface area contributed by atoms with Crippen LogP contribution in [-0.4, -0.2) is 41.6 Å². The summed E-state index contributed by atoms with van der Waals surface area (Å²) in [5.41, 5.74) is 6.75. The Morgan fingerprint density at radius 3 is 2.16 bits per heavy atom. The lowest BCUT2D eigenvalue weighted by Crippen LogP contribution is -2.44. The summed E-state index contributed by atoms with van der Waals surface area (Å²) in [6.45, 7) is 7.09. The Kier molecular flexibility index (Phi) is 9.10. The van der Waals surface area contributed by atoms with Crippen molar-refractivity contribution in [2.24, 2.45) is 5.10 Å². The van der Waals surface area contributed by atoms with Crippen LogP contribution < -0.4 is 20.2 Å². The van der Waals surface area contributed by atoms with Crippen LogP contribution in [0.3, 0.4) is 0 Å². The molecule has 37 heavy (non-hydrogen) atoms. The molecule has 9 heteroatoms. The quantitative estimate of drug-likeness (QED) is 0.262. The second-order valence-corrected chi connectivity index (χ2v) is 8.39. The van der Waals surface area contributed by atoms with E-state index < -0.39 is 23.8 Å². The summed E-state index contributed by atoms with van der Waals surface area (Å²) in [4.78, 5) is 41.7. The van der Waals surface area contributed by atoms with E-state index in [9.17, 15) is 14.4 Å². The van der Waals surface area contributed by atoms with Gasteiger partial charge in [-0.2, -0.15) is 5.10 Å². The Balaban J connectivity index is 1.82. The molecular formula is C28H30N4O5. The molecule has 192 valence electrons. The van der Waals surface area contributed by atoms with Crippen molar-refractivity contribution < 1.29 is 23.9 Å². The minimum Gasteiger partial charge on any atom is -0.493 e. The molecular weight excluding hydrogens is 472 g/mol. The standard InChI is InChI=1S/C28H30N4O5/c1-6-23(33)37-26-22(36-5)13-14-29-25(26)28(35)30-19(4)27(34)32-31-24(20-11-7-9-17(2)15-20)21-12-8-10-18(3)16-21/h7-16,19H,6H2,1-5H3,(H,30,35)(H,32,34)/t19-/m0/s1. The average Bonchev–Trinajstić information content (AvgIpc) is 2.88. The summed E-state index contributed by atoms with van der Waals surface area (Å²) in [6, 6.07) is 16.1. The van der Waals surface area contributed by atoms with Gasteiger partial charge in [0.25, 0.3) is 11.8 Å². The number of methoxy groups -OCH3 is 1. The minimum absolute atomic E-state index is 0.0974. The number of aryl methyl sites for hydroxylation is 2. The maximum atomic E-state index is 12.9. The van der Waals surface area contributed by atoms with Crippen molar-refractivity contribution >= 4 is 23.5 Å². The Hall–Kier alpha value is -4.53. The van der Waals surface area contributed by atoms with Crippen LogP contribution in [0, 0.1) is 13.8 Å². The van der Waals surface area contributed by atoms with Crippen LogP contribution in [0.1, 0.15) is 53.0 Å². The molecule has 2 amide bonds. The van der Waals surface area contributed by atoms with Gasteiger partial charge in [-0.05, 0) is 32.9 Å². The summed E-state index contributed by atoms with van der Waals surface area (Å²) in [6.07, 6.45) is 1.45. The lowest BCUT2D eigenvalue weighted by Gasteiger charge is -2.16. The molecule has 1 atom stereocenters. The first kappa shape index (κ1) is 27.1. The molecule has 0 aliphatic heterocycles. The number of pyridine rings is 1. The van der Waals surface area contributed by atoms with Crippen LogP contribution in [0.2, 0.25) is 0 Å². The van der Waals surface area contributed by atoms with E-state index in [1.54, 1.807) is 6.92 Å². The number of nitrogens with one attached hydrogen (secondary N) is 2. The molecule has 3 aromatic rings. The van der Waals surface area contributed by atoms with E-state index in [-0.39, 0.29) is 23.6 Å². The number of amides is 2. The van der Waals surface area contributed by atoms with E-state index in [0.717, 1.165) is 22.3 Å². The van der Waals surface area contributed by atoms with Gasteiger partial charge in [-0.15, -0.1) is 0 Å². The molecule has 3 rings (SSSR count). The van der Waals surface area contributed by atoms with E-state index in [1.807, 2.05) is 62.4 Å². The highest BCUT2D eigenvalue weighted by molar-refractivity contribution is 6.13. The highest BCUT2D eigenvalue weighted by Crippen LogP contribution is 2.30. The second-order valence-electron chi connectivity index (χ2n) is 8.39. The first-order chi connectivity index (χ1) is 17.7. The zero-order valence-electron chi connectivity index (χ0n) is 21.5. The summed E-state index contributed by atoms with van der Waals surface area (Å²) in [5, 5.41) is 6.97. The van der Waals surface area contributed by atoms with Gasteiger partial charge in [-0.3, -0.25) is 14.4 Å². The van der Waals surface area contributed by atoms with Crippen LogP contribution in [0.25, 0.3) is 0 Å². The molecule has 2 aromatic carbocycles. The smallest absolute Gasteiger partial charge is 0.311 e. The highest BCUT2D eigenvalue weighted by Gasteiger charge is 2.24. The number of hydrazone groups is 1. The van der Waals surface area contributed by atoms with Crippen molar-refractivity contribution in [3.05, 3.63) is 88.7 Å². The van der Waals surface area contributed by atoms with Crippen molar-refractivity contribution in [1.29, 1.82) is 0 Å². The molecule has 0 saturated carbocycles. The van der Waals surface area contributed by atoms with Gasteiger partial charge in [-0.1, -0.05) is 54.4 Å². The predicted octanol–water partition coefficient (Wildman–Crippen LogP) is 3.71. The zero-order valence-corrected chi connectivity index (χ0v) is 21.5. The van der Waals surface area contributed by atoms with Crippen LogP contribution in [0.15, 0.2) is 65.9 Å². The van der Waals surface area contributed by atoms with Gasteiger partial charge in [0.15, 0.2) is 11.4 Å². The van der Waals surface area contributed by atoms with Gasteiger partial charge in [0, 0.05) is 29.8 Å². The van der Waals surface area contributed by atoms with Crippen molar-refractivity contribution in [2.45, 2.75) is 40.2 Å². The van der Waals surface area contributed by atoms with Crippen molar-refractivity contribution in [3.63, 3.8) is 0 Å². The first-order valence-electron chi connectivity index (χ1n) is 11.8. The van der Waals surface area contributed by atoms with Crippen LogP contribution in [0.4, 0.5) is 0 Å². The number of nitrogens with zero attached hydrogens (tertiary/aromatic N) is 2. The lowest BCUT2D eigenvalue weighted by molar-refractivity contribution is -0.134. The monoisotopic (exact) mass is 502 g/mol. The number of carbonyl (C=O) groups excluding carboxylic acids is 3. The van der Waals surface area contributed by atoms with Gasteiger partial charge < -0.3 is 14.8 Å². The molecule has 0 unspecified atom stereocenters. The first-order valence-corrected chi connectivity index (χ1v) is 11.8. The molecule has 1 aromatic heterocycles. The van der Waals surface area contributed by atoms with Crippen molar-refractivity contribution in [2.75, 3.05) is 7.11 Å². The number of aromatic nitrogens is 1. The second kappa shape index (κ2) is 12.4. The summed E-state index contributed by atoms with van der Waals surface area (Å²) >= 11 is 0. The number of hydrogen-bond acceptors (Lipinski definition) is 7. The molecule has 0 bridgehead atoms. The number of ether oxygens (including phenoxy) is 2. The van der Waals surface area contributed by atoms with Crippen LogP contribution in [-0.2, 0) is 9.59 Å². The Bertz CT molecular complexity index is 1290. The fourth-order valence-electron chi connectivity index (χ4n) is 3.46. The maximum Gasteiger partial charge on any atom is 0.311 e. The molecule has 2 N–H and O–H groups in total. The highest BCUT2D eigenvalue weighted by atomic mass is 16.6. The van der Waals surface area contributed by atoms with E-state index in [0.29, 0.717) is 5.71 Å². The Morgan fingerprint density at radius 1 is 1.00 bits per heavy atom. The van der Waals surface area contributed by atoms with Gasteiger partial charge in [0.2, 0.25) is 5.75 Å². The van der Waals surface area contributed by atoms with E-state index in [1.165, 1.54) is 26.3 Å². The largest absolute Gasteiger partial charge is 0.493 e. The van der Waals surface area contributed by atoms with Crippen molar-refractivity contribution in [3.8, 4) is 11.5 Å². The van der Waals surface area contributed by atoms with E-state index >= 15 is 0 Å². The van der Waals surface area contributed by atoms with Gasteiger partial charge in [-0.25, -0.2) is 10.4 Å². The summed E-state index contributed by atoms with van der Waals surface area (Å²) in [7, 11) is 1.38.